The molecule has 1 aromatic carbocycles. The Bertz CT molecular complexity index is 818. The van der Waals surface area contributed by atoms with E-state index in [0.717, 1.165) is 10.1 Å². The summed E-state index contributed by atoms with van der Waals surface area (Å²) in [6.07, 6.45) is 1.24. The molecule has 20 heavy (non-hydrogen) atoms. The van der Waals surface area contributed by atoms with Crippen LogP contribution >= 0.6 is 11.6 Å². The summed E-state index contributed by atoms with van der Waals surface area (Å²) in [4.78, 5) is 36.1. The smallest absolute Gasteiger partial charge is 0.303 e. The standard InChI is InChI=1S/C14H13ClN2O3/c1-8-5-4-6-9(11(8)15)12(18)10-7-16(2)14(20)17(3)13(10)19/h4-7H,1-3H3. The molecule has 2 aromatic rings. The van der Waals surface area contributed by atoms with E-state index in [9.17, 15) is 14.4 Å². The molecule has 6 heteroatoms. The van der Waals surface area contributed by atoms with Crippen LogP contribution in [0.5, 0.6) is 0 Å². The van der Waals surface area contributed by atoms with Crippen molar-refractivity contribution in [3.8, 4) is 0 Å². The van der Waals surface area contributed by atoms with Crippen LogP contribution in [0.4, 0.5) is 0 Å². The Hall–Kier alpha value is -2.14. The van der Waals surface area contributed by atoms with Gasteiger partial charge in [0, 0.05) is 25.9 Å². The van der Waals surface area contributed by atoms with Gasteiger partial charge in [0.05, 0.1) is 5.02 Å². The molecule has 0 saturated carbocycles. The van der Waals surface area contributed by atoms with Crippen LogP contribution in [0.2, 0.25) is 5.02 Å². The number of rotatable bonds is 2. The van der Waals surface area contributed by atoms with Crippen molar-refractivity contribution in [1.29, 1.82) is 0 Å². The summed E-state index contributed by atoms with van der Waals surface area (Å²) in [7, 11) is 2.82. The predicted molar refractivity (Wildman–Crippen MR) is 76.5 cm³/mol. The van der Waals surface area contributed by atoms with Crippen LogP contribution in [-0.2, 0) is 14.1 Å². The molecule has 0 fully saturated rings. The summed E-state index contributed by atoms with van der Waals surface area (Å²) >= 11 is 6.10. The van der Waals surface area contributed by atoms with Gasteiger partial charge >= 0.3 is 5.69 Å². The highest BCUT2D eigenvalue weighted by Gasteiger charge is 2.19. The first-order chi connectivity index (χ1) is 9.34. The molecule has 0 saturated heterocycles. The molecule has 0 atom stereocenters. The maximum absolute atomic E-state index is 12.4. The second kappa shape index (κ2) is 5.09. The number of ketones is 1. The normalized spacial score (nSPS) is 10.6. The first-order valence-corrected chi connectivity index (χ1v) is 6.29. The molecule has 0 aliphatic carbocycles. The quantitative estimate of drug-likeness (QED) is 0.783. The molecule has 2 rings (SSSR count). The Morgan fingerprint density at radius 2 is 1.80 bits per heavy atom. The van der Waals surface area contributed by atoms with E-state index in [0.29, 0.717) is 5.02 Å². The summed E-state index contributed by atoms with van der Waals surface area (Å²) in [6.45, 7) is 1.78. The van der Waals surface area contributed by atoms with Gasteiger partial charge in [0.15, 0.2) is 0 Å². The molecule has 0 bridgehead atoms. The van der Waals surface area contributed by atoms with E-state index in [4.69, 9.17) is 11.6 Å². The molecular formula is C14H13ClN2O3. The first-order valence-electron chi connectivity index (χ1n) is 5.91. The van der Waals surface area contributed by atoms with E-state index >= 15 is 0 Å². The number of benzene rings is 1. The second-order valence-electron chi connectivity index (χ2n) is 4.57. The lowest BCUT2D eigenvalue weighted by Crippen LogP contribution is -2.39. The zero-order chi connectivity index (χ0) is 15.0. The molecule has 1 aromatic heterocycles. The van der Waals surface area contributed by atoms with Crippen molar-refractivity contribution < 1.29 is 4.79 Å². The van der Waals surface area contributed by atoms with Crippen LogP contribution in [0, 0.1) is 6.92 Å². The number of carbonyl (C=O) groups is 1. The van der Waals surface area contributed by atoms with Crippen molar-refractivity contribution >= 4 is 17.4 Å². The van der Waals surface area contributed by atoms with Crippen molar-refractivity contribution in [2.45, 2.75) is 6.92 Å². The zero-order valence-corrected chi connectivity index (χ0v) is 12.1. The summed E-state index contributed by atoms with van der Waals surface area (Å²) < 4.78 is 2.09. The number of aromatic nitrogens is 2. The second-order valence-corrected chi connectivity index (χ2v) is 4.94. The predicted octanol–water partition coefficient (Wildman–Crippen LogP) is 1.28. The van der Waals surface area contributed by atoms with Gasteiger partial charge in [-0.3, -0.25) is 14.2 Å². The molecule has 0 radical (unpaired) electrons. The summed E-state index contributed by atoms with van der Waals surface area (Å²) in [5.41, 5.74) is -0.193. The Balaban J connectivity index is 2.70. The minimum Gasteiger partial charge on any atom is -0.303 e. The van der Waals surface area contributed by atoms with Gasteiger partial charge in [0.1, 0.15) is 5.56 Å². The number of halogens is 1. The largest absolute Gasteiger partial charge is 0.330 e. The van der Waals surface area contributed by atoms with Crippen LogP contribution < -0.4 is 11.2 Å². The summed E-state index contributed by atoms with van der Waals surface area (Å²) in [5.74, 6) is -0.491. The highest BCUT2D eigenvalue weighted by Crippen LogP contribution is 2.22. The van der Waals surface area contributed by atoms with Gasteiger partial charge in [-0.05, 0) is 18.6 Å². The number of hydrogen-bond acceptors (Lipinski definition) is 3. The third-order valence-electron chi connectivity index (χ3n) is 3.13. The van der Waals surface area contributed by atoms with Gasteiger partial charge in [-0.1, -0.05) is 23.7 Å². The lowest BCUT2D eigenvalue weighted by atomic mass is 10.0. The van der Waals surface area contributed by atoms with Gasteiger partial charge < -0.3 is 4.57 Å². The molecule has 104 valence electrons. The average molecular weight is 293 g/mol. The molecule has 0 aliphatic rings. The highest BCUT2D eigenvalue weighted by molar-refractivity contribution is 6.35. The fourth-order valence-corrected chi connectivity index (χ4v) is 2.14. The monoisotopic (exact) mass is 292 g/mol. The van der Waals surface area contributed by atoms with Crippen molar-refractivity contribution in [1.82, 2.24) is 9.13 Å². The van der Waals surface area contributed by atoms with Crippen molar-refractivity contribution in [3.63, 3.8) is 0 Å². The van der Waals surface area contributed by atoms with Crippen LogP contribution in [-0.4, -0.2) is 14.9 Å². The van der Waals surface area contributed by atoms with Gasteiger partial charge in [-0.15, -0.1) is 0 Å². The minimum atomic E-state index is -0.629. The third kappa shape index (κ3) is 2.20. The lowest BCUT2D eigenvalue weighted by molar-refractivity contribution is 0.103. The molecule has 0 aliphatic heterocycles. The van der Waals surface area contributed by atoms with E-state index in [1.165, 1.54) is 24.9 Å². The first kappa shape index (κ1) is 14.3. The number of aryl methyl sites for hydroxylation is 2. The van der Waals surface area contributed by atoms with Crippen molar-refractivity contribution in [2.24, 2.45) is 14.1 Å². The van der Waals surface area contributed by atoms with Crippen LogP contribution in [0.25, 0.3) is 0 Å². The maximum atomic E-state index is 12.4. The van der Waals surface area contributed by atoms with Crippen LogP contribution in [0.1, 0.15) is 21.5 Å². The van der Waals surface area contributed by atoms with E-state index in [-0.39, 0.29) is 11.1 Å². The average Bonchev–Trinajstić information content (AvgIpc) is 2.43. The lowest BCUT2D eigenvalue weighted by Gasteiger charge is -2.08. The van der Waals surface area contributed by atoms with Gasteiger partial charge in [-0.25, -0.2) is 4.79 Å². The molecule has 0 unspecified atom stereocenters. The summed E-state index contributed by atoms with van der Waals surface area (Å²) in [6, 6.07) is 5.03. The Labute approximate surface area is 120 Å². The van der Waals surface area contributed by atoms with Crippen molar-refractivity contribution in [2.75, 3.05) is 0 Å². The Morgan fingerprint density at radius 1 is 1.15 bits per heavy atom. The Kier molecular flexibility index (Phi) is 3.63. The van der Waals surface area contributed by atoms with Crippen molar-refractivity contribution in [3.05, 3.63) is 66.9 Å². The highest BCUT2D eigenvalue weighted by atomic mass is 35.5. The Morgan fingerprint density at radius 3 is 2.45 bits per heavy atom. The zero-order valence-electron chi connectivity index (χ0n) is 11.3. The fraction of sp³-hybridized carbons (Fsp3) is 0.214. The molecule has 1 heterocycles. The summed E-state index contributed by atoms with van der Waals surface area (Å²) in [5, 5.41) is 0.313. The number of nitrogens with zero attached hydrogens (tertiary/aromatic N) is 2. The molecule has 0 N–H and O–H groups in total. The van der Waals surface area contributed by atoms with Gasteiger partial charge in [0.2, 0.25) is 5.78 Å². The van der Waals surface area contributed by atoms with E-state index in [1.807, 2.05) is 0 Å². The van der Waals surface area contributed by atoms with E-state index in [1.54, 1.807) is 25.1 Å². The van der Waals surface area contributed by atoms with E-state index < -0.39 is 17.0 Å². The van der Waals surface area contributed by atoms with Gasteiger partial charge in [-0.2, -0.15) is 0 Å². The molecular weight excluding hydrogens is 280 g/mol. The van der Waals surface area contributed by atoms with Gasteiger partial charge in [0.25, 0.3) is 5.56 Å². The SMILES string of the molecule is Cc1cccc(C(=O)c2cn(C)c(=O)n(C)c2=O)c1Cl. The maximum Gasteiger partial charge on any atom is 0.330 e. The number of hydrogen-bond donors (Lipinski definition) is 0. The van der Waals surface area contributed by atoms with Crippen LogP contribution in [0.3, 0.4) is 0 Å². The fourth-order valence-electron chi connectivity index (χ4n) is 1.93. The topological polar surface area (TPSA) is 61.1 Å². The molecule has 0 amide bonds. The number of carbonyl (C=O) groups excluding carboxylic acids is 1. The molecule has 5 nitrogen and oxygen atoms in total. The van der Waals surface area contributed by atoms with Crippen LogP contribution in [0.15, 0.2) is 34.0 Å². The third-order valence-corrected chi connectivity index (χ3v) is 3.63. The van der Waals surface area contributed by atoms with E-state index in [2.05, 4.69) is 0 Å². The minimum absolute atomic E-state index is 0.0814. The molecule has 0 spiro atoms.